The monoisotopic (exact) mass is 482 g/mol. The molecule has 2 aromatic heterocycles. The molecule has 33 heavy (non-hydrogen) atoms. The van der Waals surface area contributed by atoms with E-state index in [1.54, 1.807) is 35.0 Å². The van der Waals surface area contributed by atoms with E-state index in [9.17, 15) is 13.7 Å². The molecule has 2 heterocycles. The summed E-state index contributed by atoms with van der Waals surface area (Å²) >= 11 is 6.24. The highest BCUT2D eigenvalue weighted by Gasteiger charge is 2.21. The van der Waals surface area contributed by atoms with E-state index in [2.05, 4.69) is 15.3 Å². The number of sulfone groups is 1. The Hall–Kier alpha value is -3.88. The zero-order valence-electron chi connectivity index (χ0n) is 17.6. The van der Waals surface area contributed by atoms with Crippen LogP contribution in [0.4, 0.5) is 17.6 Å². The molecule has 0 saturated heterocycles. The smallest absolute Gasteiger partial charge is 0.224 e. The molecule has 2 aromatic carbocycles. The molecular formula is C21H19ClN8O2S. The summed E-state index contributed by atoms with van der Waals surface area (Å²) in [5.74, 6) is 0.0890. The van der Waals surface area contributed by atoms with Gasteiger partial charge in [0.1, 0.15) is 17.5 Å². The number of nitrogens with zero attached hydrogens (tertiary/aromatic N) is 5. The SMILES string of the molecule is CC(Nc1nc(N)nc(N)c1C#N)c1nn(-c2cccc(S(C)(=O)=O)c2)c2cc(Cl)ccc12. The molecule has 168 valence electrons. The predicted molar refractivity (Wildman–Crippen MR) is 127 cm³/mol. The van der Waals surface area contributed by atoms with Crippen molar-refractivity contribution in [2.75, 3.05) is 23.0 Å². The number of benzene rings is 2. The minimum absolute atomic E-state index is 0.0283. The molecule has 10 nitrogen and oxygen atoms in total. The van der Waals surface area contributed by atoms with Crippen molar-refractivity contribution in [3.8, 4) is 11.8 Å². The fraction of sp³-hybridized carbons (Fsp3) is 0.143. The van der Waals surface area contributed by atoms with Crippen molar-refractivity contribution in [1.29, 1.82) is 5.26 Å². The number of fused-ring (bicyclic) bond motifs is 1. The fourth-order valence-corrected chi connectivity index (χ4v) is 4.29. The van der Waals surface area contributed by atoms with Crippen molar-refractivity contribution in [2.24, 2.45) is 0 Å². The molecule has 1 unspecified atom stereocenters. The molecule has 4 rings (SSSR count). The van der Waals surface area contributed by atoms with E-state index in [4.69, 9.17) is 28.2 Å². The van der Waals surface area contributed by atoms with Gasteiger partial charge in [-0.05, 0) is 43.3 Å². The van der Waals surface area contributed by atoms with Crippen LogP contribution >= 0.6 is 11.6 Å². The first-order valence-corrected chi connectivity index (χ1v) is 11.9. The van der Waals surface area contributed by atoms with Gasteiger partial charge in [0.05, 0.1) is 27.8 Å². The number of nitrogens with two attached hydrogens (primary N) is 2. The van der Waals surface area contributed by atoms with Crippen LogP contribution in [-0.2, 0) is 9.84 Å². The molecule has 0 amide bonds. The van der Waals surface area contributed by atoms with E-state index in [-0.39, 0.29) is 28.0 Å². The Morgan fingerprint density at radius 2 is 1.94 bits per heavy atom. The average Bonchev–Trinajstić information content (AvgIpc) is 3.12. The first kappa shape index (κ1) is 22.3. The van der Waals surface area contributed by atoms with Crippen molar-refractivity contribution in [3.63, 3.8) is 0 Å². The van der Waals surface area contributed by atoms with Gasteiger partial charge in [0.25, 0.3) is 0 Å². The number of rotatable bonds is 5. The van der Waals surface area contributed by atoms with Gasteiger partial charge in [-0.15, -0.1) is 0 Å². The lowest BCUT2D eigenvalue weighted by Crippen LogP contribution is -2.14. The number of nitrogen functional groups attached to an aromatic ring is 2. The first-order chi connectivity index (χ1) is 15.6. The van der Waals surface area contributed by atoms with E-state index in [1.807, 2.05) is 19.1 Å². The van der Waals surface area contributed by atoms with Gasteiger partial charge < -0.3 is 16.8 Å². The maximum atomic E-state index is 12.0. The number of aromatic nitrogens is 4. The highest BCUT2D eigenvalue weighted by atomic mass is 35.5. The van der Waals surface area contributed by atoms with Gasteiger partial charge in [-0.3, -0.25) is 0 Å². The minimum Gasteiger partial charge on any atom is -0.382 e. The van der Waals surface area contributed by atoms with Gasteiger partial charge in [0.15, 0.2) is 15.7 Å². The lowest BCUT2D eigenvalue weighted by Gasteiger charge is -2.15. The lowest BCUT2D eigenvalue weighted by atomic mass is 10.1. The number of nitriles is 1. The Labute approximate surface area is 194 Å². The number of hydrogen-bond acceptors (Lipinski definition) is 9. The second-order valence-corrected chi connectivity index (χ2v) is 9.85. The molecule has 5 N–H and O–H groups in total. The van der Waals surface area contributed by atoms with Crippen LogP contribution in [0.3, 0.4) is 0 Å². The van der Waals surface area contributed by atoms with Crippen LogP contribution < -0.4 is 16.8 Å². The number of hydrogen-bond donors (Lipinski definition) is 3. The second kappa shape index (κ2) is 8.23. The van der Waals surface area contributed by atoms with Crippen LogP contribution in [0, 0.1) is 11.3 Å². The molecule has 0 saturated carbocycles. The molecule has 12 heteroatoms. The number of anilines is 3. The highest BCUT2D eigenvalue weighted by Crippen LogP contribution is 2.31. The first-order valence-electron chi connectivity index (χ1n) is 9.66. The van der Waals surface area contributed by atoms with E-state index >= 15 is 0 Å². The summed E-state index contributed by atoms with van der Waals surface area (Å²) in [5, 5.41) is 18.6. The van der Waals surface area contributed by atoms with Crippen LogP contribution in [0.15, 0.2) is 47.4 Å². The molecule has 0 fully saturated rings. The lowest BCUT2D eigenvalue weighted by molar-refractivity contribution is 0.601. The van der Waals surface area contributed by atoms with Gasteiger partial charge >= 0.3 is 0 Å². The van der Waals surface area contributed by atoms with Crippen molar-refractivity contribution in [2.45, 2.75) is 17.9 Å². The normalized spacial score (nSPS) is 12.4. The number of halogens is 1. The third-order valence-corrected chi connectivity index (χ3v) is 6.34. The Balaban J connectivity index is 1.85. The topological polar surface area (TPSA) is 166 Å². The van der Waals surface area contributed by atoms with Crippen molar-refractivity contribution in [3.05, 3.63) is 58.7 Å². The maximum absolute atomic E-state index is 12.0. The summed E-state index contributed by atoms with van der Waals surface area (Å²) < 4.78 is 25.7. The Morgan fingerprint density at radius 1 is 1.18 bits per heavy atom. The summed E-state index contributed by atoms with van der Waals surface area (Å²) in [7, 11) is -3.41. The minimum atomic E-state index is -3.41. The van der Waals surface area contributed by atoms with Gasteiger partial charge in [-0.1, -0.05) is 17.7 Å². The molecule has 0 bridgehead atoms. The van der Waals surface area contributed by atoms with Gasteiger partial charge in [-0.25, -0.2) is 13.1 Å². The molecule has 4 aromatic rings. The Morgan fingerprint density at radius 3 is 2.64 bits per heavy atom. The van der Waals surface area contributed by atoms with Crippen LogP contribution in [0.1, 0.15) is 24.2 Å². The number of nitrogens with one attached hydrogen (secondary N) is 1. The van der Waals surface area contributed by atoms with Crippen molar-refractivity contribution >= 4 is 49.9 Å². The zero-order valence-corrected chi connectivity index (χ0v) is 19.2. The molecular weight excluding hydrogens is 464 g/mol. The standard InChI is InChI=1S/C21H19ClN8O2S/c1-11(26-20-16(10-23)19(24)27-21(25)28-20)18-15-7-6-12(22)8-17(15)30(29-18)13-4-3-5-14(9-13)33(2,31)32/h3-9,11H,1-2H3,(H5,24,25,26,27,28). The third kappa shape index (κ3) is 4.26. The quantitative estimate of drug-likeness (QED) is 0.387. The third-order valence-electron chi connectivity index (χ3n) is 4.99. The van der Waals surface area contributed by atoms with E-state index in [0.29, 0.717) is 21.9 Å². The predicted octanol–water partition coefficient (Wildman–Crippen LogP) is 3.08. The maximum Gasteiger partial charge on any atom is 0.224 e. The van der Waals surface area contributed by atoms with Gasteiger partial charge in [-0.2, -0.15) is 20.3 Å². The summed E-state index contributed by atoms with van der Waals surface area (Å²) in [6, 6.07) is 13.3. The van der Waals surface area contributed by atoms with Gasteiger partial charge in [0.2, 0.25) is 5.95 Å². The van der Waals surface area contributed by atoms with E-state index < -0.39 is 15.9 Å². The van der Waals surface area contributed by atoms with Crippen LogP contribution in [-0.4, -0.2) is 34.4 Å². The average molecular weight is 483 g/mol. The largest absolute Gasteiger partial charge is 0.382 e. The Kier molecular flexibility index (Phi) is 5.57. The van der Waals surface area contributed by atoms with Crippen LogP contribution in [0.25, 0.3) is 16.6 Å². The van der Waals surface area contributed by atoms with E-state index in [0.717, 1.165) is 11.6 Å². The summed E-state index contributed by atoms with van der Waals surface area (Å²) in [6.45, 7) is 1.84. The molecule has 0 aliphatic rings. The summed E-state index contributed by atoms with van der Waals surface area (Å²) in [6.07, 6.45) is 1.15. The van der Waals surface area contributed by atoms with Crippen LogP contribution in [0.5, 0.6) is 0 Å². The molecule has 0 radical (unpaired) electrons. The molecule has 0 aliphatic heterocycles. The summed E-state index contributed by atoms with van der Waals surface area (Å²) in [4.78, 5) is 8.08. The summed E-state index contributed by atoms with van der Waals surface area (Å²) in [5.41, 5.74) is 13.4. The second-order valence-electron chi connectivity index (χ2n) is 7.40. The Bertz CT molecular complexity index is 1540. The highest BCUT2D eigenvalue weighted by molar-refractivity contribution is 7.90. The zero-order chi connectivity index (χ0) is 23.9. The van der Waals surface area contributed by atoms with E-state index in [1.165, 1.54) is 6.07 Å². The molecule has 0 spiro atoms. The fourth-order valence-electron chi connectivity index (χ4n) is 3.46. The molecule has 0 aliphatic carbocycles. The van der Waals surface area contributed by atoms with Crippen molar-refractivity contribution in [1.82, 2.24) is 19.7 Å². The van der Waals surface area contributed by atoms with Gasteiger partial charge in [0, 0.05) is 16.7 Å². The molecule has 1 atom stereocenters. The van der Waals surface area contributed by atoms with Crippen molar-refractivity contribution < 1.29 is 8.42 Å². The van der Waals surface area contributed by atoms with Crippen LogP contribution in [0.2, 0.25) is 5.02 Å².